The molecule has 0 aliphatic carbocycles. The lowest BCUT2D eigenvalue weighted by Crippen LogP contribution is -2.30. The molecule has 0 bridgehead atoms. The normalized spacial score (nSPS) is 17.1. The van der Waals surface area contributed by atoms with Crippen molar-refractivity contribution in [1.82, 2.24) is 9.54 Å². The average molecular weight is 167 g/mol. The van der Waals surface area contributed by atoms with Gasteiger partial charge in [0.15, 0.2) is 0 Å². The van der Waals surface area contributed by atoms with E-state index in [1.807, 2.05) is 0 Å². The van der Waals surface area contributed by atoms with Gasteiger partial charge in [0.2, 0.25) is 0 Å². The SMILES string of the molecule is O=C(Cl)N1CC=CN1Cl. The van der Waals surface area contributed by atoms with Gasteiger partial charge in [-0.25, -0.2) is 5.01 Å². The third-order valence-electron chi connectivity index (χ3n) is 0.940. The molecule has 0 aromatic heterocycles. The summed E-state index contributed by atoms with van der Waals surface area (Å²) in [6.45, 7) is 0.450. The van der Waals surface area contributed by atoms with Crippen LogP contribution in [0.2, 0.25) is 0 Å². The first-order valence-corrected chi connectivity index (χ1v) is 3.02. The molecule has 1 amide bonds. The van der Waals surface area contributed by atoms with Crippen LogP contribution in [-0.2, 0) is 0 Å². The molecule has 0 aromatic carbocycles. The lowest BCUT2D eigenvalue weighted by Gasteiger charge is -2.17. The Bertz CT molecular complexity index is 159. The van der Waals surface area contributed by atoms with Gasteiger partial charge in [0.25, 0.3) is 0 Å². The van der Waals surface area contributed by atoms with Crippen LogP contribution < -0.4 is 0 Å². The Balaban J connectivity index is 2.55. The van der Waals surface area contributed by atoms with Crippen LogP contribution in [-0.4, -0.2) is 21.4 Å². The molecule has 1 rings (SSSR count). The third kappa shape index (κ3) is 1.28. The number of nitrogens with zero attached hydrogens (tertiary/aromatic N) is 2. The molecule has 0 saturated heterocycles. The second-order valence-corrected chi connectivity index (χ2v) is 2.18. The second-order valence-electron chi connectivity index (χ2n) is 1.51. The number of rotatable bonds is 0. The first kappa shape index (κ1) is 6.71. The molecular weight excluding hydrogens is 163 g/mol. The number of hydrogen-bond donors (Lipinski definition) is 0. The van der Waals surface area contributed by atoms with Gasteiger partial charge in [-0.2, -0.15) is 4.53 Å². The molecule has 0 fully saturated rings. The maximum absolute atomic E-state index is 10.4. The molecule has 0 N–H and O–H groups in total. The van der Waals surface area contributed by atoms with Crippen LogP contribution in [0, 0.1) is 0 Å². The predicted molar refractivity (Wildman–Crippen MR) is 34.8 cm³/mol. The minimum atomic E-state index is -0.574. The maximum Gasteiger partial charge on any atom is 0.336 e. The Morgan fingerprint density at radius 2 is 2.33 bits per heavy atom. The number of carbonyl (C=O) groups excluding carboxylic acids is 1. The Labute approximate surface area is 62.5 Å². The Morgan fingerprint density at radius 3 is 2.56 bits per heavy atom. The zero-order valence-corrected chi connectivity index (χ0v) is 5.93. The molecule has 0 spiro atoms. The van der Waals surface area contributed by atoms with Crippen molar-refractivity contribution in [3.8, 4) is 0 Å². The fourth-order valence-corrected chi connectivity index (χ4v) is 0.939. The summed E-state index contributed by atoms with van der Waals surface area (Å²) in [7, 11) is 0. The molecule has 9 heavy (non-hydrogen) atoms. The van der Waals surface area contributed by atoms with Crippen LogP contribution in [0.15, 0.2) is 12.3 Å². The molecule has 5 heteroatoms. The number of halogens is 2. The van der Waals surface area contributed by atoms with Gasteiger partial charge in [0.1, 0.15) is 0 Å². The summed E-state index contributed by atoms with van der Waals surface area (Å²) in [6, 6.07) is 0. The van der Waals surface area contributed by atoms with E-state index in [-0.39, 0.29) is 0 Å². The number of hydrazine groups is 1. The lowest BCUT2D eigenvalue weighted by atomic mass is 10.6. The van der Waals surface area contributed by atoms with E-state index in [1.165, 1.54) is 5.01 Å². The third-order valence-corrected chi connectivity index (χ3v) is 1.43. The van der Waals surface area contributed by atoms with Crippen molar-refractivity contribution in [3.63, 3.8) is 0 Å². The first-order chi connectivity index (χ1) is 4.22. The molecule has 1 aliphatic heterocycles. The Kier molecular flexibility index (Phi) is 1.83. The molecule has 0 radical (unpaired) electrons. The minimum absolute atomic E-state index is 0.450. The highest BCUT2D eigenvalue weighted by atomic mass is 35.5. The molecule has 0 aromatic rings. The maximum atomic E-state index is 10.4. The van der Waals surface area contributed by atoms with E-state index in [0.29, 0.717) is 6.54 Å². The molecule has 0 unspecified atom stereocenters. The van der Waals surface area contributed by atoms with E-state index in [2.05, 4.69) is 0 Å². The number of amides is 1. The first-order valence-electron chi connectivity index (χ1n) is 2.30. The fraction of sp³-hybridized carbons (Fsp3) is 0.250. The Hall–Kier alpha value is -0.410. The molecule has 0 atom stereocenters. The van der Waals surface area contributed by atoms with E-state index in [1.54, 1.807) is 12.3 Å². The smallest absolute Gasteiger partial charge is 0.253 e. The van der Waals surface area contributed by atoms with E-state index in [0.717, 1.165) is 4.53 Å². The fourth-order valence-electron chi connectivity index (χ4n) is 0.539. The van der Waals surface area contributed by atoms with Crippen molar-refractivity contribution in [3.05, 3.63) is 12.3 Å². The summed E-state index contributed by atoms with van der Waals surface area (Å²) >= 11 is 10.5. The highest BCUT2D eigenvalue weighted by Gasteiger charge is 2.17. The van der Waals surface area contributed by atoms with Gasteiger partial charge in [-0.05, 0) is 17.7 Å². The number of hydrogen-bond acceptors (Lipinski definition) is 2. The topological polar surface area (TPSA) is 23.6 Å². The van der Waals surface area contributed by atoms with Crippen molar-refractivity contribution >= 4 is 28.7 Å². The highest BCUT2D eigenvalue weighted by Crippen LogP contribution is 2.12. The van der Waals surface area contributed by atoms with Crippen LogP contribution in [0.3, 0.4) is 0 Å². The van der Waals surface area contributed by atoms with Crippen molar-refractivity contribution in [2.75, 3.05) is 6.54 Å². The van der Waals surface area contributed by atoms with E-state index < -0.39 is 5.37 Å². The monoisotopic (exact) mass is 166 g/mol. The molecule has 50 valence electrons. The van der Waals surface area contributed by atoms with Crippen molar-refractivity contribution in [2.24, 2.45) is 0 Å². The molecule has 0 saturated carbocycles. The van der Waals surface area contributed by atoms with E-state index in [4.69, 9.17) is 23.4 Å². The lowest BCUT2D eigenvalue weighted by molar-refractivity contribution is 0.173. The van der Waals surface area contributed by atoms with E-state index in [9.17, 15) is 4.79 Å². The summed E-state index contributed by atoms with van der Waals surface area (Å²) in [5.74, 6) is 0. The highest BCUT2D eigenvalue weighted by molar-refractivity contribution is 6.62. The van der Waals surface area contributed by atoms with Gasteiger partial charge in [-0.3, -0.25) is 4.79 Å². The molecule has 1 aliphatic rings. The van der Waals surface area contributed by atoms with Crippen molar-refractivity contribution in [1.29, 1.82) is 0 Å². The summed E-state index contributed by atoms with van der Waals surface area (Å²) < 4.78 is 1.12. The van der Waals surface area contributed by atoms with Gasteiger partial charge >= 0.3 is 5.37 Å². The van der Waals surface area contributed by atoms with E-state index >= 15 is 0 Å². The zero-order valence-electron chi connectivity index (χ0n) is 4.42. The van der Waals surface area contributed by atoms with Gasteiger partial charge in [0, 0.05) is 18.0 Å². The number of carbonyl (C=O) groups is 1. The molecule has 3 nitrogen and oxygen atoms in total. The molecule has 1 heterocycles. The van der Waals surface area contributed by atoms with Gasteiger partial charge in [-0.1, -0.05) is 0 Å². The van der Waals surface area contributed by atoms with Crippen LogP contribution in [0.4, 0.5) is 4.79 Å². The summed E-state index contributed by atoms with van der Waals surface area (Å²) in [4.78, 5) is 10.4. The van der Waals surface area contributed by atoms with Gasteiger partial charge < -0.3 is 0 Å². The minimum Gasteiger partial charge on any atom is -0.253 e. The quantitative estimate of drug-likeness (QED) is 0.310. The van der Waals surface area contributed by atoms with Crippen molar-refractivity contribution in [2.45, 2.75) is 0 Å². The zero-order chi connectivity index (χ0) is 6.85. The standard InChI is InChI=1S/C4H4Cl2N2O/c5-4(9)7-2-1-3-8(7)6/h1,3H,2H2. The van der Waals surface area contributed by atoms with Crippen LogP contribution >= 0.6 is 23.4 Å². The van der Waals surface area contributed by atoms with Crippen LogP contribution in [0.25, 0.3) is 0 Å². The summed E-state index contributed by atoms with van der Waals surface area (Å²) in [5, 5.41) is 0.610. The summed E-state index contributed by atoms with van der Waals surface area (Å²) in [5.41, 5.74) is 0. The van der Waals surface area contributed by atoms with Gasteiger partial charge in [-0.15, -0.1) is 0 Å². The summed E-state index contributed by atoms with van der Waals surface area (Å²) in [6.07, 6.45) is 3.29. The van der Waals surface area contributed by atoms with Gasteiger partial charge in [0.05, 0.1) is 6.54 Å². The average Bonchev–Trinajstić information content (AvgIpc) is 2.13. The predicted octanol–water partition coefficient (Wildman–Crippen LogP) is 1.55. The second kappa shape index (κ2) is 2.45. The van der Waals surface area contributed by atoms with Crippen LogP contribution in [0.1, 0.15) is 0 Å². The van der Waals surface area contributed by atoms with Crippen LogP contribution in [0.5, 0.6) is 0 Å². The van der Waals surface area contributed by atoms with Crippen molar-refractivity contribution < 1.29 is 4.79 Å². The molecular formula is C4H4Cl2N2O. The largest absolute Gasteiger partial charge is 0.336 e. The Morgan fingerprint density at radius 1 is 1.67 bits per heavy atom.